The Kier molecular flexibility index (Phi) is 6.31. The first-order chi connectivity index (χ1) is 13.5. The van der Waals surface area contributed by atoms with Gasteiger partial charge in [0.2, 0.25) is 5.88 Å². The maximum atomic E-state index is 12.2. The summed E-state index contributed by atoms with van der Waals surface area (Å²) in [7, 11) is 1.33. The maximum absolute atomic E-state index is 12.2. The van der Waals surface area contributed by atoms with Gasteiger partial charge in [0.25, 0.3) is 0 Å². The van der Waals surface area contributed by atoms with Crippen molar-refractivity contribution in [3.05, 3.63) is 81.5 Å². The maximum Gasteiger partial charge on any atom is 0.341 e. The van der Waals surface area contributed by atoms with Crippen LogP contribution in [0.25, 0.3) is 0 Å². The average molecular weight is 442 g/mol. The van der Waals surface area contributed by atoms with E-state index in [4.69, 9.17) is 14.2 Å². The van der Waals surface area contributed by atoms with Gasteiger partial charge in [-0.3, -0.25) is 0 Å². The van der Waals surface area contributed by atoms with Crippen LogP contribution in [0, 0.1) is 13.8 Å². The molecular formula is C22H20BrNO4. The molecule has 3 aromatic rings. The summed E-state index contributed by atoms with van der Waals surface area (Å²) in [6, 6.07) is 15.1. The Balaban J connectivity index is 1.87. The third kappa shape index (κ3) is 4.70. The second-order valence-corrected chi connectivity index (χ2v) is 7.17. The summed E-state index contributed by atoms with van der Waals surface area (Å²) in [5.41, 5.74) is 3.16. The Morgan fingerprint density at radius 2 is 1.75 bits per heavy atom. The average Bonchev–Trinajstić information content (AvgIpc) is 2.69. The van der Waals surface area contributed by atoms with E-state index in [0.717, 1.165) is 21.2 Å². The van der Waals surface area contributed by atoms with E-state index in [2.05, 4.69) is 20.9 Å². The van der Waals surface area contributed by atoms with Crippen LogP contribution in [-0.2, 0) is 11.3 Å². The Labute approximate surface area is 172 Å². The Morgan fingerprint density at radius 3 is 2.39 bits per heavy atom. The van der Waals surface area contributed by atoms with Crippen LogP contribution >= 0.6 is 15.9 Å². The minimum absolute atomic E-state index is 0.260. The van der Waals surface area contributed by atoms with E-state index in [1.54, 1.807) is 0 Å². The van der Waals surface area contributed by atoms with Crippen molar-refractivity contribution < 1.29 is 19.0 Å². The van der Waals surface area contributed by atoms with Crippen molar-refractivity contribution in [2.75, 3.05) is 7.11 Å². The highest BCUT2D eigenvalue weighted by Gasteiger charge is 2.17. The molecule has 0 aliphatic carbocycles. The molecule has 0 spiro atoms. The molecule has 0 saturated heterocycles. The summed E-state index contributed by atoms with van der Waals surface area (Å²) >= 11 is 3.47. The van der Waals surface area contributed by atoms with Crippen LogP contribution in [0.2, 0.25) is 0 Å². The molecule has 0 fully saturated rings. The molecule has 0 radical (unpaired) electrons. The van der Waals surface area contributed by atoms with Gasteiger partial charge in [-0.25, -0.2) is 9.78 Å². The number of pyridine rings is 1. The van der Waals surface area contributed by atoms with Crippen molar-refractivity contribution in [3.63, 3.8) is 0 Å². The number of methoxy groups -OCH3 is 1. The van der Waals surface area contributed by atoms with Crippen molar-refractivity contribution in [2.24, 2.45) is 0 Å². The molecule has 3 rings (SSSR count). The number of aromatic nitrogens is 1. The van der Waals surface area contributed by atoms with Gasteiger partial charge in [0, 0.05) is 10.5 Å². The topological polar surface area (TPSA) is 57.7 Å². The van der Waals surface area contributed by atoms with Gasteiger partial charge in [0.1, 0.15) is 17.9 Å². The molecule has 0 N–H and O–H groups in total. The van der Waals surface area contributed by atoms with Gasteiger partial charge in [-0.15, -0.1) is 0 Å². The number of esters is 1. The lowest BCUT2D eigenvalue weighted by atomic mass is 10.1. The molecule has 6 heteroatoms. The van der Waals surface area contributed by atoms with Crippen LogP contribution in [0.5, 0.6) is 17.4 Å². The quantitative estimate of drug-likeness (QED) is 0.464. The van der Waals surface area contributed by atoms with Gasteiger partial charge < -0.3 is 14.2 Å². The van der Waals surface area contributed by atoms with Crippen molar-refractivity contribution in [3.8, 4) is 17.4 Å². The molecule has 0 atom stereocenters. The minimum atomic E-state index is -0.514. The molecule has 1 aromatic heterocycles. The van der Waals surface area contributed by atoms with Crippen molar-refractivity contribution in [1.82, 2.24) is 4.98 Å². The largest absolute Gasteiger partial charge is 0.486 e. The molecule has 144 valence electrons. The molecule has 0 saturated carbocycles. The predicted molar refractivity (Wildman–Crippen MR) is 110 cm³/mol. The standard InChI is InChI=1S/C22H20BrNO4/c1-14-9-17(23)10-15(2)21(14)28-20-11-18(22(25)26-3)19(12-24-20)27-13-16-7-5-4-6-8-16/h4-12H,13H2,1-3H3. The highest BCUT2D eigenvalue weighted by atomic mass is 79.9. The number of carbonyl (C=O) groups is 1. The number of hydrogen-bond donors (Lipinski definition) is 0. The van der Waals surface area contributed by atoms with Crippen molar-refractivity contribution in [1.29, 1.82) is 0 Å². The minimum Gasteiger partial charge on any atom is -0.486 e. The van der Waals surface area contributed by atoms with Crippen molar-refractivity contribution in [2.45, 2.75) is 20.5 Å². The van der Waals surface area contributed by atoms with E-state index in [1.165, 1.54) is 19.4 Å². The van der Waals surface area contributed by atoms with Gasteiger partial charge in [-0.2, -0.15) is 0 Å². The van der Waals surface area contributed by atoms with Gasteiger partial charge >= 0.3 is 5.97 Å². The first-order valence-corrected chi connectivity index (χ1v) is 9.47. The number of rotatable bonds is 6. The number of ether oxygens (including phenoxy) is 3. The highest BCUT2D eigenvalue weighted by molar-refractivity contribution is 9.10. The van der Waals surface area contributed by atoms with Gasteiger partial charge in [0.05, 0.1) is 13.3 Å². The predicted octanol–water partition coefficient (Wildman–Crippen LogP) is 5.62. The van der Waals surface area contributed by atoms with E-state index < -0.39 is 5.97 Å². The zero-order valence-corrected chi connectivity index (χ0v) is 17.4. The molecule has 0 bridgehead atoms. The molecule has 0 unspecified atom stereocenters. The second kappa shape index (κ2) is 8.89. The molecule has 0 amide bonds. The molecule has 0 aliphatic rings. The van der Waals surface area contributed by atoms with Crippen LogP contribution in [0.4, 0.5) is 0 Å². The lowest BCUT2D eigenvalue weighted by molar-refractivity contribution is 0.0595. The molecule has 1 heterocycles. The Bertz CT molecular complexity index is 966. The van der Waals surface area contributed by atoms with E-state index in [0.29, 0.717) is 24.0 Å². The summed E-state index contributed by atoms with van der Waals surface area (Å²) in [6.07, 6.45) is 1.48. The van der Waals surface area contributed by atoms with Crippen LogP contribution in [0.3, 0.4) is 0 Å². The third-order valence-corrected chi connectivity index (χ3v) is 4.57. The molecular weight excluding hydrogens is 422 g/mol. The fourth-order valence-electron chi connectivity index (χ4n) is 2.76. The number of halogens is 1. The van der Waals surface area contributed by atoms with E-state index in [-0.39, 0.29) is 5.56 Å². The van der Waals surface area contributed by atoms with Crippen LogP contribution in [-0.4, -0.2) is 18.1 Å². The smallest absolute Gasteiger partial charge is 0.341 e. The number of aryl methyl sites for hydroxylation is 2. The summed E-state index contributed by atoms with van der Waals surface area (Å²) in [4.78, 5) is 16.5. The monoisotopic (exact) mass is 441 g/mol. The second-order valence-electron chi connectivity index (χ2n) is 6.26. The fraction of sp³-hybridized carbons (Fsp3) is 0.182. The summed E-state index contributed by atoms with van der Waals surface area (Å²) in [5.74, 6) is 0.817. The first kappa shape index (κ1) is 19.9. The first-order valence-electron chi connectivity index (χ1n) is 8.67. The molecule has 0 aliphatic heterocycles. The summed E-state index contributed by atoms with van der Waals surface area (Å²) in [5, 5.41) is 0. The third-order valence-electron chi connectivity index (χ3n) is 4.12. The van der Waals surface area contributed by atoms with Crippen LogP contribution in [0.15, 0.2) is 59.2 Å². The molecule has 2 aromatic carbocycles. The number of hydrogen-bond acceptors (Lipinski definition) is 5. The Hall–Kier alpha value is -2.86. The van der Waals surface area contributed by atoms with Crippen LogP contribution in [0.1, 0.15) is 27.0 Å². The van der Waals surface area contributed by atoms with Crippen molar-refractivity contribution >= 4 is 21.9 Å². The summed E-state index contributed by atoms with van der Waals surface area (Å²) < 4.78 is 17.6. The summed E-state index contributed by atoms with van der Waals surface area (Å²) in [6.45, 7) is 4.22. The number of benzene rings is 2. The van der Waals surface area contributed by atoms with E-state index >= 15 is 0 Å². The normalized spacial score (nSPS) is 10.4. The number of carbonyl (C=O) groups excluding carboxylic acids is 1. The fourth-order valence-corrected chi connectivity index (χ4v) is 3.45. The zero-order valence-electron chi connectivity index (χ0n) is 15.9. The molecule has 5 nitrogen and oxygen atoms in total. The SMILES string of the molecule is COC(=O)c1cc(Oc2c(C)cc(Br)cc2C)ncc1OCc1ccccc1. The molecule has 28 heavy (non-hydrogen) atoms. The lowest BCUT2D eigenvalue weighted by Gasteiger charge is -2.14. The van der Waals surface area contributed by atoms with Gasteiger partial charge in [0.15, 0.2) is 5.75 Å². The van der Waals surface area contributed by atoms with E-state index in [1.807, 2.05) is 56.3 Å². The highest BCUT2D eigenvalue weighted by Crippen LogP contribution is 2.32. The van der Waals surface area contributed by atoms with Gasteiger partial charge in [-0.1, -0.05) is 46.3 Å². The van der Waals surface area contributed by atoms with E-state index in [9.17, 15) is 4.79 Å². The zero-order chi connectivity index (χ0) is 20.1. The Morgan fingerprint density at radius 1 is 1.07 bits per heavy atom. The van der Waals surface area contributed by atoms with Gasteiger partial charge in [-0.05, 0) is 42.7 Å². The lowest BCUT2D eigenvalue weighted by Crippen LogP contribution is -2.07. The number of nitrogens with zero attached hydrogens (tertiary/aromatic N) is 1. The van der Waals surface area contributed by atoms with Crippen LogP contribution < -0.4 is 9.47 Å².